The van der Waals surface area contributed by atoms with Crippen LogP contribution in [0.25, 0.3) is 33.3 Å². The van der Waals surface area contributed by atoms with E-state index >= 15 is 0 Å². The number of hydrazine groups is 2. The van der Waals surface area contributed by atoms with Crippen LogP contribution in [0, 0.1) is 23.3 Å². The molecule has 0 bridgehead atoms. The first-order chi connectivity index (χ1) is 18.3. The summed E-state index contributed by atoms with van der Waals surface area (Å²) in [5, 5.41) is 5.45. The lowest BCUT2D eigenvalue weighted by atomic mass is 9.98. The van der Waals surface area contributed by atoms with Gasteiger partial charge in [-0.2, -0.15) is 10.6 Å². The number of hydrogen-bond acceptors (Lipinski definition) is 4. The summed E-state index contributed by atoms with van der Waals surface area (Å²) in [4.78, 5) is 16.2. The van der Waals surface area contributed by atoms with Crippen molar-refractivity contribution in [1.29, 1.82) is 0 Å². The van der Waals surface area contributed by atoms with Crippen molar-refractivity contribution in [3.63, 3.8) is 0 Å². The van der Waals surface area contributed by atoms with Crippen LogP contribution in [0.2, 0.25) is 5.02 Å². The highest BCUT2D eigenvalue weighted by Gasteiger charge is 2.26. The molecule has 0 saturated carbocycles. The van der Waals surface area contributed by atoms with E-state index in [2.05, 4.69) is 26.5 Å². The van der Waals surface area contributed by atoms with E-state index in [1.54, 1.807) is 37.4 Å². The standard InChI is InChI=1S/C26H19ClF4N6O/c1-32-36-35-26(38)24-22(17-7-4-15(27)10-21(17)34-24)25-18(14-2-5-16(28)6-3-14)11-33-37(25)12-13-8-19(29)23(31)20(30)9-13/h2-11,32,34,36H,12H2,1H3,(H,35,38). The molecular weight excluding hydrogens is 524 g/mol. The van der Waals surface area contributed by atoms with Crippen molar-refractivity contribution < 1.29 is 22.4 Å². The number of H-pyrrole nitrogens is 1. The number of aromatic amines is 1. The largest absolute Gasteiger partial charge is 0.350 e. The number of carbonyl (C=O) groups excluding carboxylic acids is 1. The van der Waals surface area contributed by atoms with Crippen molar-refractivity contribution in [2.24, 2.45) is 0 Å². The van der Waals surface area contributed by atoms with Gasteiger partial charge in [-0.1, -0.05) is 29.8 Å². The number of aromatic nitrogens is 3. The molecule has 0 aliphatic carbocycles. The molecule has 0 aliphatic heterocycles. The maximum Gasteiger partial charge on any atom is 0.283 e. The number of hydrogen-bond donors (Lipinski definition) is 4. The van der Waals surface area contributed by atoms with E-state index in [4.69, 9.17) is 11.6 Å². The van der Waals surface area contributed by atoms with Gasteiger partial charge in [0.25, 0.3) is 5.91 Å². The first-order valence-electron chi connectivity index (χ1n) is 11.3. The van der Waals surface area contributed by atoms with Gasteiger partial charge in [-0.25, -0.2) is 23.0 Å². The van der Waals surface area contributed by atoms with Gasteiger partial charge >= 0.3 is 0 Å². The van der Waals surface area contributed by atoms with Crippen molar-refractivity contribution in [3.8, 4) is 22.4 Å². The molecule has 5 aromatic rings. The Kier molecular flexibility index (Phi) is 6.89. The quantitative estimate of drug-likeness (QED) is 0.127. The Morgan fingerprint density at radius 1 is 1.03 bits per heavy atom. The summed E-state index contributed by atoms with van der Waals surface area (Å²) in [5.74, 6) is -5.25. The summed E-state index contributed by atoms with van der Waals surface area (Å²) in [6.07, 6.45) is 1.50. The summed E-state index contributed by atoms with van der Waals surface area (Å²) in [5.41, 5.74) is 10.3. The summed E-state index contributed by atoms with van der Waals surface area (Å²) in [6.45, 7) is -0.166. The molecular formula is C26H19ClF4N6O. The Morgan fingerprint density at radius 3 is 2.42 bits per heavy atom. The number of rotatable bonds is 7. The van der Waals surface area contributed by atoms with Crippen LogP contribution in [0.4, 0.5) is 17.6 Å². The van der Waals surface area contributed by atoms with Gasteiger partial charge in [0.05, 0.1) is 18.4 Å². The van der Waals surface area contributed by atoms with Gasteiger partial charge in [-0.05, 0) is 47.5 Å². The molecule has 194 valence electrons. The zero-order chi connectivity index (χ0) is 27.0. The predicted molar refractivity (Wildman–Crippen MR) is 135 cm³/mol. The van der Waals surface area contributed by atoms with E-state index in [1.807, 2.05) is 0 Å². The Morgan fingerprint density at radius 2 is 1.74 bits per heavy atom. The molecule has 2 heterocycles. The average molecular weight is 543 g/mol. The molecule has 0 unspecified atom stereocenters. The minimum Gasteiger partial charge on any atom is -0.350 e. The van der Waals surface area contributed by atoms with Crippen LogP contribution in [0.5, 0.6) is 0 Å². The van der Waals surface area contributed by atoms with E-state index in [0.717, 1.165) is 12.1 Å². The third-order valence-corrected chi connectivity index (χ3v) is 6.13. The third-order valence-electron chi connectivity index (χ3n) is 5.90. The molecule has 2 aromatic heterocycles. The lowest BCUT2D eigenvalue weighted by Crippen LogP contribution is -2.44. The lowest BCUT2D eigenvalue weighted by Gasteiger charge is -2.13. The smallest absolute Gasteiger partial charge is 0.283 e. The molecule has 3 aromatic carbocycles. The second-order valence-electron chi connectivity index (χ2n) is 8.34. The second-order valence-corrected chi connectivity index (χ2v) is 8.78. The summed E-state index contributed by atoms with van der Waals surface area (Å²) < 4.78 is 56.7. The molecule has 0 spiro atoms. The normalized spacial score (nSPS) is 11.3. The molecule has 12 heteroatoms. The highest BCUT2D eigenvalue weighted by molar-refractivity contribution is 6.31. The van der Waals surface area contributed by atoms with E-state index in [9.17, 15) is 22.4 Å². The van der Waals surface area contributed by atoms with Crippen LogP contribution in [0.15, 0.2) is 60.8 Å². The Bertz CT molecular complexity index is 1640. The SMILES string of the molecule is CNNNC(=O)c1[nH]c2cc(Cl)ccc2c1-c1c(-c2ccc(F)cc2)cnn1Cc1cc(F)c(F)c(F)c1. The van der Waals surface area contributed by atoms with Gasteiger partial charge in [0.1, 0.15) is 11.5 Å². The van der Waals surface area contributed by atoms with E-state index < -0.39 is 29.2 Å². The van der Waals surface area contributed by atoms with Crippen LogP contribution in [-0.4, -0.2) is 27.7 Å². The number of fused-ring (bicyclic) bond motifs is 1. The van der Waals surface area contributed by atoms with Gasteiger partial charge in [0, 0.05) is 34.1 Å². The van der Waals surface area contributed by atoms with Crippen LogP contribution in [0.1, 0.15) is 16.1 Å². The number of carbonyl (C=O) groups is 1. The molecule has 0 radical (unpaired) electrons. The van der Waals surface area contributed by atoms with Crippen molar-refractivity contribution in [3.05, 3.63) is 100 Å². The van der Waals surface area contributed by atoms with Crippen LogP contribution >= 0.6 is 11.6 Å². The molecule has 0 atom stereocenters. The summed E-state index contributed by atoms with van der Waals surface area (Å²) >= 11 is 6.19. The van der Waals surface area contributed by atoms with Crippen LogP contribution in [0.3, 0.4) is 0 Å². The van der Waals surface area contributed by atoms with Gasteiger partial charge in [0.15, 0.2) is 17.5 Å². The number of benzene rings is 3. The van der Waals surface area contributed by atoms with Crippen molar-refractivity contribution in [2.45, 2.75) is 6.54 Å². The van der Waals surface area contributed by atoms with Crippen molar-refractivity contribution in [2.75, 3.05) is 7.05 Å². The molecule has 0 aliphatic rings. The Hall–Kier alpha value is -4.19. The lowest BCUT2D eigenvalue weighted by molar-refractivity contribution is 0.0922. The fourth-order valence-electron chi connectivity index (χ4n) is 4.25. The predicted octanol–water partition coefficient (Wildman–Crippen LogP) is 5.33. The summed E-state index contributed by atoms with van der Waals surface area (Å²) in [6, 6.07) is 12.4. The highest BCUT2D eigenvalue weighted by atomic mass is 35.5. The van der Waals surface area contributed by atoms with Crippen molar-refractivity contribution in [1.82, 2.24) is 31.2 Å². The van der Waals surface area contributed by atoms with Crippen molar-refractivity contribution >= 4 is 28.4 Å². The second kappa shape index (κ2) is 10.3. The fraction of sp³-hybridized carbons (Fsp3) is 0.0769. The topological polar surface area (TPSA) is 86.8 Å². The van der Waals surface area contributed by atoms with Gasteiger partial charge in [-0.15, -0.1) is 0 Å². The van der Waals surface area contributed by atoms with E-state index in [1.165, 1.54) is 23.0 Å². The Labute approximate surface area is 218 Å². The molecule has 4 N–H and O–H groups in total. The Balaban J connectivity index is 1.77. The van der Waals surface area contributed by atoms with Gasteiger partial charge in [0.2, 0.25) is 0 Å². The average Bonchev–Trinajstić information content (AvgIpc) is 3.46. The highest BCUT2D eigenvalue weighted by Crippen LogP contribution is 2.40. The zero-order valence-corrected chi connectivity index (χ0v) is 20.4. The van der Waals surface area contributed by atoms with Gasteiger partial charge < -0.3 is 4.98 Å². The molecule has 0 saturated heterocycles. The maximum atomic E-state index is 14.0. The number of nitrogens with zero attached hydrogens (tertiary/aromatic N) is 2. The van der Waals surface area contributed by atoms with Crippen LogP contribution in [-0.2, 0) is 6.54 Å². The molecule has 7 nitrogen and oxygen atoms in total. The maximum absolute atomic E-state index is 14.0. The minimum absolute atomic E-state index is 0.0992. The monoisotopic (exact) mass is 542 g/mol. The first kappa shape index (κ1) is 25.5. The molecule has 5 rings (SSSR count). The van der Waals surface area contributed by atoms with Gasteiger partial charge in [-0.3, -0.25) is 14.9 Å². The molecule has 1 amide bonds. The molecule has 38 heavy (non-hydrogen) atoms. The molecule has 0 fully saturated rings. The minimum atomic E-state index is -1.58. The fourth-order valence-corrected chi connectivity index (χ4v) is 4.42. The van der Waals surface area contributed by atoms with E-state index in [-0.39, 0.29) is 17.8 Å². The van der Waals surface area contributed by atoms with E-state index in [0.29, 0.717) is 38.3 Å². The number of halogens is 5. The third kappa shape index (κ3) is 4.74. The summed E-state index contributed by atoms with van der Waals surface area (Å²) in [7, 11) is 1.56. The van der Waals surface area contributed by atoms with Crippen LogP contribution < -0.4 is 16.4 Å². The first-order valence-corrected chi connectivity index (χ1v) is 11.6. The number of amides is 1. The zero-order valence-electron chi connectivity index (χ0n) is 19.7. The number of nitrogens with one attached hydrogen (secondary N) is 4.